The normalized spacial score (nSPS) is 10.8. The number of carbonyl (C=O) groups is 1. The monoisotopic (exact) mass is 275 g/mol. The van der Waals surface area contributed by atoms with Gasteiger partial charge in [-0.1, -0.05) is 26.2 Å². The Bertz CT molecular complexity index is 574. The van der Waals surface area contributed by atoms with Crippen molar-refractivity contribution in [2.45, 2.75) is 39.0 Å². The lowest BCUT2D eigenvalue weighted by molar-refractivity contribution is -0.120. The molecule has 4 heteroatoms. The second-order valence-corrected chi connectivity index (χ2v) is 5.03. The van der Waals surface area contributed by atoms with Gasteiger partial charge in [0.1, 0.15) is 11.3 Å². The fourth-order valence-electron chi connectivity index (χ4n) is 2.22. The molecule has 0 bridgehead atoms. The first-order valence-electron chi connectivity index (χ1n) is 7.16. The van der Waals surface area contributed by atoms with Crippen LogP contribution in [0.4, 0.5) is 0 Å². The number of nitrogens with one attached hydrogen (secondary N) is 1. The summed E-state index contributed by atoms with van der Waals surface area (Å²) in [6.45, 7) is 2.89. The molecule has 0 aliphatic heterocycles. The average molecular weight is 275 g/mol. The highest BCUT2D eigenvalue weighted by molar-refractivity contribution is 5.88. The van der Waals surface area contributed by atoms with E-state index in [2.05, 4.69) is 12.2 Å². The van der Waals surface area contributed by atoms with Crippen LogP contribution in [0.15, 0.2) is 28.9 Å². The van der Waals surface area contributed by atoms with Crippen molar-refractivity contribution in [3.05, 3.63) is 30.0 Å². The number of amides is 1. The van der Waals surface area contributed by atoms with Crippen molar-refractivity contribution < 1.29 is 14.3 Å². The first-order chi connectivity index (χ1) is 9.70. The van der Waals surface area contributed by atoms with Gasteiger partial charge in [0.15, 0.2) is 0 Å². The summed E-state index contributed by atoms with van der Waals surface area (Å²) in [6.07, 6.45) is 6.44. The van der Waals surface area contributed by atoms with Gasteiger partial charge in [-0.15, -0.1) is 0 Å². The molecule has 0 aliphatic rings. The maximum atomic E-state index is 11.9. The molecule has 0 unspecified atom stereocenters. The zero-order chi connectivity index (χ0) is 14.4. The van der Waals surface area contributed by atoms with E-state index in [1.54, 1.807) is 24.5 Å². The summed E-state index contributed by atoms with van der Waals surface area (Å²) in [7, 11) is 0. The van der Waals surface area contributed by atoms with E-state index >= 15 is 0 Å². The molecule has 1 amide bonds. The van der Waals surface area contributed by atoms with Crippen molar-refractivity contribution in [1.82, 2.24) is 5.32 Å². The molecular formula is C16H21NO3. The number of carbonyl (C=O) groups excluding carboxylic acids is 1. The van der Waals surface area contributed by atoms with Gasteiger partial charge in [0.25, 0.3) is 0 Å². The summed E-state index contributed by atoms with van der Waals surface area (Å²) >= 11 is 0. The largest absolute Gasteiger partial charge is 0.508 e. The molecule has 0 saturated heterocycles. The van der Waals surface area contributed by atoms with Gasteiger partial charge < -0.3 is 14.8 Å². The van der Waals surface area contributed by atoms with E-state index in [1.807, 2.05) is 0 Å². The molecule has 20 heavy (non-hydrogen) atoms. The van der Waals surface area contributed by atoms with E-state index in [1.165, 1.54) is 12.8 Å². The molecule has 0 fully saturated rings. The number of hydrogen-bond acceptors (Lipinski definition) is 3. The van der Waals surface area contributed by atoms with Gasteiger partial charge >= 0.3 is 0 Å². The number of benzene rings is 1. The Balaban J connectivity index is 1.88. The van der Waals surface area contributed by atoms with E-state index in [-0.39, 0.29) is 18.1 Å². The molecule has 0 radical (unpaired) electrons. The lowest BCUT2D eigenvalue weighted by Crippen LogP contribution is -2.25. The van der Waals surface area contributed by atoms with Gasteiger partial charge in [-0.05, 0) is 24.6 Å². The third kappa shape index (κ3) is 3.76. The fourth-order valence-corrected chi connectivity index (χ4v) is 2.22. The van der Waals surface area contributed by atoms with Crippen LogP contribution in [0, 0.1) is 0 Å². The van der Waals surface area contributed by atoms with Gasteiger partial charge in [-0.25, -0.2) is 0 Å². The zero-order valence-electron chi connectivity index (χ0n) is 11.8. The minimum atomic E-state index is -0.00691. The Hall–Kier alpha value is -1.97. The minimum Gasteiger partial charge on any atom is -0.508 e. The summed E-state index contributed by atoms with van der Waals surface area (Å²) in [5.74, 6) is 0.174. The van der Waals surface area contributed by atoms with Gasteiger partial charge in [0, 0.05) is 17.5 Å². The first kappa shape index (κ1) is 14.4. The molecule has 0 spiro atoms. The molecular weight excluding hydrogens is 254 g/mol. The van der Waals surface area contributed by atoms with E-state index in [9.17, 15) is 9.90 Å². The maximum Gasteiger partial charge on any atom is 0.224 e. The number of hydrogen-bond donors (Lipinski definition) is 2. The van der Waals surface area contributed by atoms with Crippen molar-refractivity contribution >= 4 is 16.9 Å². The fraction of sp³-hybridized carbons (Fsp3) is 0.438. The van der Waals surface area contributed by atoms with Crippen LogP contribution in [0.2, 0.25) is 0 Å². The molecule has 1 aromatic heterocycles. The van der Waals surface area contributed by atoms with Gasteiger partial charge in [0.2, 0.25) is 5.91 Å². The Morgan fingerprint density at radius 2 is 2.15 bits per heavy atom. The molecule has 1 heterocycles. The molecule has 108 valence electrons. The van der Waals surface area contributed by atoms with Crippen LogP contribution < -0.4 is 5.32 Å². The van der Waals surface area contributed by atoms with Crippen molar-refractivity contribution in [3.8, 4) is 5.75 Å². The number of fused-ring (bicyclic) bond motifs is 1. The molecule has 0 saturated carbocycles. The number of phenolic OH excluding ortho intramolecular Hbond substituents is 1. The number of aromatic hydroxyl groups is 1. The average Bonchev–Trinajstić information content (AvgIpc) is 2.81. The molecule has 0 aliphatic carbocycles. The smallest absolute Gasteiger partial charge is 0.224 e. The minimum absolute atomic E-state index is 0.00691. The van der Waals surface area contributed by atoms with Crippen LogP contribution >= 0.6 is 0 Å². The van der Waals surface area contributed by atoms with Crippen LogP contribution in [-0.2, 0) is 11.2 Å². The van der Waals surface area contributed by atoms with E-state index < -0.39 is 0 Å². The van der Waals surface area contributed by atoms with Crippen molar-refractivity contribution in [1.29, 1.82) is 0 Å². The highest BCUT2D eigenvalue weighted by atomic mass is 16.3. The van der Waals surface area contributed by atoms with Crippen LogP contribution in [0.5, 0.6) is 5.75 Å². The van der Waals surface area contributed by atoms with Gasteiger partial charge in [0.05, 0.1) is 12.7 Å². The summed E-state index contributed by atoms with van der Waals surface area (Å²) in [5.41, 5.74) is 1.50. The number of furan rings is 1. The molecule has 4 nitrogen and oxygen atoms in total. The van der Waals surface area contributed by atoms with Crippen molar-refractivity contribution in [2.75, 3.05) is 6.54 Å². The van der Waals surface area contributed by atoms with E-state index in [0.29, 0.717) is 5.58 Å². The quantitative estimate of drug-likeness (QED) is 0.761. The Morgan fingerprint density at radius 3 is 2.95 bits per heavy atom. The van der Waals surface area contributed by atoms with Crippen LogP contribution in [0.3, 0.4) is 0 Å². The second-order valence-electron chi connectivity index (χ2n) is 5.03. The van der Waals surface area contributed by atoms with Crippen LogP contribution in [-0.4, -0.2) is 17.6 Å². The second kappa shape index (κ2) is 6.98. The maximum absolute atomic E-state index is 11.9. The topological polar surface area (TPSA) is 62.5 Å². The summed E-state index contributed by atoms with van der Waals surface area (Å²) in [6, 6.07) is 4.91. The summed E-state index contributed by atoms with van der Waals surface area (Å²) in [4.78, 5) is 11.9. The Kier molecular flexibility index (Phi) is 5.04. The van der Waals surface area contributed by atoms with E-state index in [4.69, 9.17) is 4.42 Å². The molecule has 2 rings (SSSR count). The number of unbranched alkanes of at least 4 members (excludes halogenated alkanes) is 3. The first-order valence-corrected chi connectivity index (χ1v) is 7.16. The molecule has 2 aromatic rings. The number of rotatable bonds is 7. The summed E-state index contributed by atoms with van der Waals surface area (Å²) < 4.78 is 5.37. The van der Waals surface area contributed by atoms with Crippen molar-refractivity contribution in [3.63, 3.8) is 0 Å². The number of phenols is 1. The van der Waals surface area contributed by atoms with E-state index in [0.717, 1.165) is 30.3 Å². The lowest BCUT2D eigenvalue weighted by Gasteiger charge is -2.04. The van der Waals surface area contributed by atoms with Crippen molar-refractivity contribution in [2.24, 2.45) is 0 Å². The molecule has 1 aromatic carbocycles. The van der Waals surface area contributed by atoms with Crippen LogP contribution in [0.25, 0.3) is 11.0 Å². The van der Waals surface area contributed by atoms with Gasteiger partial charge in [-0.2, -0.15) is 0 Å². The van der Waals surface area contributed by atoms with Gasteiger partial charge in [-0.3, -0.25) is 4.79 Å². The Labute approximate surface area is 118 Å². The SMILES string of the molecule is CCCCCCNC(=O)Cc1coc2ccc(O)cc12. The standard InChI is InChI=1S/C16H21NO3/c1-2-3-4-5-8-17-16(19)9-12-11-20-15-7-6-13(18)10-14(12)15/h6-7,10-11,18H,2-5,8-9H2,1H3,(H,17,19). The third-order valence-corrected chi connectivity index (χ3v) is 3.34. The van der Waals surface area contributed by atoms with Crippen LogP contribution in [0.1, 0.15) is 38.2 Å². The highest BCUT2D eigenvalue weighted by Gasteiger charge is 2.10. The lowest BCUT2D eigenvalue weighted by atomic mass is 10.1. The molecule has 2 N–H and O–H groups in total. The third-order valence-electron chi connectivity index (χ3n) is 3.34. The predicted octanol–water partition coefficient (Wildman–Crippen LogP) is 3.38. The zero-order valence-corrected chi connectivity index (χ0v) is 11.8. The Morgan fingerprint density at radius 1 is 1.30 bits per heavy atom. The molecule has 0 atom stereocenters. The summed E-state index contributed by atoms with van der Waals surface area (Å²) in [5, 5.41) is 13.2. The highest BCUT2D eigenvalue weighted by Crippen LogP contribution is 2.25. The predicted molar refractivity (Wildman–Crippen MR) is 78.7 cm³/mol.